The zero-order valence-corrected chi connectivity index (χ0v) is 13.2. The van der Waals surface area contributed by atoms with E-state index < -0.39 is 14.1 Å². The van der Waals surface area contributed by atoms with Crippen LogP contribution in [0, 0.1) is 0 Å². The van der Waals surface area contributed by atoms with E-state index in [2.05, 4.69) is 0 Å². The van der Waals surface area contributed by atoms with Crippen LogP contribution in [0.4, 0.5) is 0 Å². The maximum absolute atomic E-state index is 10.9. The van der Waals surface area contributed by atoms with Crippen molar-refractivity contribution >= 4 is 24.7 Å². The molecule has 3 aromatic rings. The average molecular weight is 322 g/mol. The summed E-state index contributed by atoms with van der Waals surface area (Å²) in [6.45, 7) is 0. The fourth-order valence-corrected chi connectivity index (χ4v) is 3.87. The Morgan fingerprint density at radius 3 is 1.65 bits per heavy atom. The van der Waals surface area contributed by atoms with Gasteiger partial charge in [0.25, 0.3) is 0 Å². The fraction of sp³-hybridized carbons (Fsp3) is 0. The van der Waals surface area contributed by atoms with Gasteiger partial charge in [-0.25, -0.2) is 4.79 Å². The second-order valence-electron chi connectivity index (χ2n) is 4.89. The van der Waals surface area contributed by atoms with Gasteiger partial charge >= 0.3 is 5.97 Å². The van der Waals surface area contributed by atoms with Gasteiger partial charge in [-0.3, -0.25) is 0 Å². The van der Waals surface area contributed by atoms with E-state index >= 15 is 0 Å². The summed E-state index contributed by atoms with van der Waals surface area (Å²) in [5.41, 5.74) is 0.251. The summed E-state index contributed by atoms with van der Waals surface area (Å²) in [5.74, 6) is -0.279. The van der Waals surface area contributed by atoms with Crippen LogP contribution in [0.15, 0.2) is 84.9 Å². The summed E-state index contributed by atoms with van der Waals surface area (Å²) in [4.78, 5) is 10.9. The minimum atomic E-state index is -1.000. The Labute approximate surface area is 136 Å². The number of benzene rings is 3. The quantitative estimate of drug-likeness (QED) is 0.727. The van der Waals surface area contributed by atoms with Crippen molar-refractivity contribution in [1.29, 1.82) is 0 Å². The molecule has 0 fully saturated rings. The van der Waals surface area contributed by atoms with E-state index in [0.717, 1.165) is 10.6 Å². The van der Waals surface area contributed by atoms with Gasteiger partial charge in [-0.05, 0) is 24.3 Å². The lowest BCUT2D eigenvalue weighted by molar-refractivity contribution is 0.0697. The lowest BCUT2D eigenvalue weighted by Gasteiger charge is -2.19. The predicted molar refractivity (Wildman–Crippen MR) is 93.1 cm³/mol. The van der Waals surface area contributed by atoms with Crippen molar-refractivity contribution in [2.75, 3.05) is 0 Å². The Balaban J connectivity index is 1.92. The largest absolute Gasteiger partial charge is 0.478 e. The molecule has 114 valence electrons. The van der Waals surface area contributed by atoms with Gasteiger partial charge in [-0.2, -0.15) is 0 Å². The van der Waals surface area contributed by atoms with Crippen LogP contribution in [0.5, 0.6) is 5.75 Å². The molecule has 3 nitrogen and oxygen atoms in total. The number of carboxylic acid groups (broad SMARTS) is 1. The van der Waals surface area contributed by atoms with Gasteiger partial charge in [0.2, 0.25) is 0 Å². The Hall–Kier alpha value is -2.64. The molecule has 0 saturated heterocycles. The molecule has 3 aromatic carbocycles. The van der Waals surface area contributed by atoms with E-state index in [9.17, 15) is 4.79 Å². The Morgan fingerprint density at radius 1 is 0.739 bits per heavy atom. The minimum absolute atomic E-state index is 0.251. The van der Waals surface area contributed by atoms with Gasteiger partial charge in [0, 0.05) is 10.6 Å². The molecule has 0 aromatic heterocycles. The van der Waals surface area contributed by atoms with Crippen LogP contribution in [0.2, 0.25) is 0 Å². The number of carbonyl (C=O) groups is 1. The fourth-order valence-electron chi connectivity index (χ4n) is 2.15. The van der Waals surface area contributed by atoms with Crippen molar-refractivity contribution in [3.05, 3.63) is 90.5 Å². The number of hydrogen-bond acceptors (Lipinski definition) is 2. The third-order valence-corrected chi connectivity index (χ3v) is 5.21. The molecule has 0 aliphatic rings. The summed E-state index contributed by atoms with van der Waals surface area (Å²) in [6, 6.07) is 26.6. The van der Waals surface area contributed by atoms with Crippen LogP contribution < -0.4 is 15.1 Å². The molecule has 0 aliphatic carbocycles. The van der Waals surface area contributed by atoms with E-state index in [-0.39, 0.29) is 5.56 Å². The molecular formula is C19H15O3P. The molecule has 0 radical (unpaired) electrons. The summed E-state index contributed by atoms with van der Waals surface area (Å²) in [7, 11) is -1.000. The van der Waals surface area contributed by atoms with E-state index in [1.54, 1.807) is 24.3 Å². The van der Waals surface area contributed by atoms with Crippen LogP contribution in [0.3, 0.4) is 0 Å². The van der Waals surface area contributed by atoms with Gasteiger partial charge in [-0.15, -0.1) is 0 Å². The van der Waals surface area contributed by atoms with Crippen molar-refractivity contribution in [3.8, 4) is 5.75 Å². The summed E-state index contributed by atoms with van der Waals surface area (Å²) in [5, 5.41) is 11.2. The normalized spacial score (nSPS) is 10.5. The maximum Gasteiger partial charge on any atom is 0.335 e. The topological polar surface area (TPSA) is 46.5 Å². The molecule has 3 rings (SSSR count). The summed E-state index contributed by atoms with van der Waals surface area (Å²) < 4.78 is 6.19. The number of carboxylic acids is 1. The highest BCUT2D eigenvalue weighted by molar-refractivity contribution is 7.68. The third-order valence-electron chi connectivity index (χ3n) is 3.28. The number of hydrogen-bond donors (Lipinski definition) is 1. The lowest BCUT2D eigenvalue weighted by atomic mass is 10.2. The van der Waals surface area contributed by atoms with Crippen molar-refractivity contribution in [3.63, 3.8) is 0 Å². The SMILES string of the molecule is O=C(O)c1ccc(OP(c2ccccc2)c2ccccc2)cc1. The van der Waals surface area contributed by atoms with Gasteiger partial charge < -0.3 is 9.63 Å². The first-order chi connectivity index (χ1) is 11.2. The second-order valence-corrected chi connectivity index (χ2v) is 6.69. The van der Waals surface area contributed by atoms with Gasteiger partial charge in [-0.1, -0.05) is 60.7 Å². The average Bonchev–Trinajstić information content (AvgIpc) is 2.61. The van der Waals surface area contributed by atoms with Gasteiger partial charge in [0.15, 0.2) is 8.15 Å². The van der Waals surface area contributed by atoms with Crippen LogP contribution in [0.25, 0.3) is 0 Å². The predicted octanol–water partition coefficient (Wildman–Crippen LogP) is 3.81. The Bertz CT molecular complexity index is 731. The Morgan fingerprint density at radius 2 is 1.22 bits per heavy atom. The molecule has 0 spiro atoms. The van der Waals surface area contributed by atoms with Gasteiger partial charge in [0.05, 0.1) is 5.56 Å². The molecule has 0 saturated carbocycles. The smallest absolute Gasteiger partial charge is 0.335 e. The molecule has 4 heteroatoms. The number of aromatic carboxylic acids is 1. The van der Waals surface area contributed by atoms with Crippen molar-refractivity contribution in [1.82, 2.24) is 0 Å². The van der Waals surface area contributed by atoms with Crippen molar-refractivity contribution in [2.45, 2.75) is 0 Å². The first-order valence-corrected chi connectivity index (χ1v) is 8.41. The third kappa shape index (κ3) is 3.77. The minimum Gasteiger partial charge on any atom is -0.478 e. The molecule has 0 heterocycles. The molecule has 0 unspecified atom stereocenters. The first kappa shape index (κ1) is 15.3. The molecule has 0 aliphatic heterocycles. The van der Waals surface area contributed by atoms with E-state index in [1.807, 2.05) is 60.7 Å². The van der Waals surface area contributed by atoms with Crippen molar-refractivity contribution in [2.24, 2.45) is 0 Å². The Kier molecular flexibility index (Phi) is 4.70. The molecule has 1 N–H and O–H groups in total. The zero-order chi connectivity index (χ0) is 16.1. The molecule has 23 heavy (non-hydrogen) atoms. The van der Waals surface area contributed by atoms with E-state index in [0.29, 0.717) is 5.75 Å². The van der Waals surface area contributed by atoms with E-state index in [4.69, 9.17) is 9.63 Å². The highest BCUT2D eigenvalue weighted by Crippen LogP contribution is 2.36. The molecule has 0 bridgehead atoms. The monoisotopic (exact) mass is 322 g/mol. The highest BCUT2D eigenvalue weighted by atomic mass is 31.1. The zero-order valence-electron chi connectivity index (χ0n) is 12.3. The standard InChI is InChI=1S/C19H15O3P/c20-19(21)15-11-13-16(14-12-15)22-23(17-7-3-1-4-8-17)18-9-5-2-6-10-18/h1-14H,(H,20,21). The van der Waals surface area contributed by atoms with Crippen LogP contribution in [-0.2, 0) is 0 Å². The molecule has 0 amide bonds. The number of rotatable bonds is 5. The lowest BCUT2D eigenvalue weighted by Crippen LogP contribution is -2.15. The second kappa shape index (κ2) is 7.08. The van der Waals surface area contributed by atoms with Gasteiger partial charge in [0.1, 0.15) is 5.75 Å². The highest BCUT2D eigenvalue weighted by Gasteiger charge is 2.16. The van der Waals surface area contributed by atoms with Crippen LogP contribution in [0.1, 0.15) is 10.4 Å². The summed E-state index contributed by atoms with van der Waals surface area (Å²) in [6.07, 6.45) is 0. The first-order valence-electron chi connectivity index (χ1n) is 7.15. The van der Waals surface area contributed by atoms with E-state index in [1.165, 1.54) is 0 Å². The van der Waals surface area contributed by atoms with Crippen LogP contribution >= 0.6 is 8.15 Å². The summed E-state index contributed by atoms with van der Waals surface area (Å²) >= 11 is 0. The molecular weight excluding hydrogens is 307 g/mol. The molecule has 0 atom stereocenters. The van der Waals surface area contributed by atoms with Crippen LogP contribution in [-0.4, -0.2) is 11.1 Å². The van der Waals surface area contributed by atoms with Crippen molar-refractivity contribution < 1.29 is 14.4 Å². The maximum atomic E-state index is 10.9.